The zero-order valence-corrected chi connectivity index (χ0v) is 16.7. The highest BCUT2D eigenvalue weighted by atomic mass is 32.2. The molecule has 160 valence electrons. The van der Waals surface area contributed by atoms with Crippen LogP contribution >= 0.6 is 0 Å². The SMILES string of the molecule is CC(=O)Nc1cccc(OCC#CCNS(=O)(=O)Cc2ccc(C(F)(F)F)cc2)c1. The number of rotatable bonds is 7. The molecule has 0 aliphatic carbocycles. The molecule has 30 heavy (non-hydrogen) atoms. The monoisotopic (exact) mass is 440 g/mol. The second-order valence-electron chi connectivity index (χ2n) is 6.13. The largest absolute Gasteiger partial charge is 0.481 e. The van der Waals surface area contributed by atoms with E-state index in [-0.39, 0.29) is 24.6 Å². The first kappa shape index (κ1) is 23.3. The number of anilines is 1. The van der Waals surface area contributed by atoms with Gasteiger partial charge in [0.1, 0.15) is 12.4 Å². The first-order valence-corrected chi connectivity index (χ1v) is 10.3. The first-order valence-electron chi connectivity index (χ1n) is 8.65. The summed E-state index contributed by atoms with van der Waals surface area (Å²) in [5.41, 5.74) is -0.0417. The Bertz CT molecular complexity index is 1040. The molecule has 0 radical (unpaired) electrons. The van der Waals surface area contributed by atoms with Gasteiger partial charge in [0.2, 0.25) is 15.9 Å². The molecule has 6 nitrogen and oxygen atoms in total. The third-order valence-electron chi connectivity index (χ3n) is 3.61. The molecule has 2 aromatic rings. The van der Waals surface area contributed by atoms with E-state index in [1.165, 1.54) is 6.92 Å². The van der Waals surface area contributed by atoms with Gasteiger partial charge in [-0.3, -0.25) is 4.79 Å². The van der Waals surface area contributed by atoms with Crippen LogP contribution in [-0.2, 0) is 26.7 Å². The van der Waals surface area contributed by atoms with Crippen molar-refractivity contribution in [2.75, 3.05) is 18.5 Å². The zero-order valence-electron chi connectivity index (χ0n) is 15.9. The maximum atomic E-state index is 12.5. The second-order valence-corrected chi connectivity index (χ2v) is 7.93. The van der Waals surface area contributed by atoms with Crippen LogP contribution in [0, 0.1) is 11.8 Å². The fourth-order valence-electron chi connectivity index (χ4n) is 2.31. The summed E-state index contributed by atoms with van der Waals surface area (Å²) in [7, 11) is -3.75. The predicted molar refractivity (Wildman–Crippen MR) is 106 cm³/mol. The van der Waals surface area contributed by atoms with Gasteiger partial charge in [-0.2, -0.15) is 13.2 Å². The lowest BCUT2D eigenvalue weighted by molar-refractivity contribution is -0.137. The lowest BCUT2D eigenvalue weighted by atomic mass is 10.1. The Hall–Kier alpha value is -3.03. The van der Waals surface area contributed by atoms with Crippen LogP contribution in [0.3, 0.4) is 0 Å². The van der Waals surface area contributed by atoms with Crippen LogP contribution in [0.4, 0.5) is 18.9 Å². The number of hydrogen-bond donors (Lipinski definition) is 2. The number of nitrogens with one attached hydrogen (secondary N) is 2. The average Bonchev–Trinajstić information content (AvgIpc) is 2.63. The molecular formula is C20H19F3N2O4S. The molecule has 0 saturated heterocycles. The highest BCUT2D eigenvalue weighted by molar-refractivity contribution is 7.88. The number of carbonyl (C=O) groups is 1. The number of benzene rings is 2. The van der Waals surface area contributed by atoms with Crippen molar-refractivity contribution in [3.05, 3.63) is 59.7 Å². The molecule has 0 saturated carbocycles. The van der Waals surface area contributed by atoms with E-state index in [0.717, 1.165) is 24.3 Å². The molecule has 10 heteroatoms. The van der Waals surface area contributed by atoms with Gasteiger partial charge in [-0.25, -0.2) is 13.1 Å². The number of sulfonamides is 1. The van der Waals surface area contributed by atoms with Gasteiger partial charge in [0, 0.05) is 18.7 Å². The van der Waals surface area contributed by atoms with Crippen molar-refractivity contribution in [3.8, 4) is 17.6 Å². The molecule has 1 amide bonds. The standard InChI is InChI=1S/C20H19F3N2O4S/c1-15(26)25-18-5-4-6-19(13-18)29-12-3-2-11-24-30(27,28)14-16-7-9-17(10-8-16)20(21,22)23/h4-10,13,24H,11-12,14H2,1H3,(H,25,26). The summed E-state index contributed by atoms with van der Waals surface area (Å²) in [6.07, 6.45) is -4.47. The van der Waals surface area contributed by atoms with E-state index in [2.05, 4.69) is 21.9 Å². The molecule has 0 atom stereocenters. The molecule has 0 aromatic heterocycles. The summed E-state index contributed by atoms with van der Waals surface area (Å²) < 4.78 is 69.2. The summed E-state index contributed by atoms with van der Waals surface area (Å²) in [5, 5.41) is 2.62. The van der Waals surface area contributed by atoms with Crippen molar-refractivity contribution in [1.82, 2.24) is 4.72 Å². The average molecular weight is 440 g/mol. The van der Waals surface area contributed by atoms with Gasteiger partial charge in [0.25, 0.3) is 0 Å². The molecule has 0 fully saturated rings. The fourth-order valence-corrected chi connectivity index (χ4v) is 3.33. The van der Waals surface area contributed by atoms with Crippen molar-refractivity contribution in [1.29, 1.82) is 0 Å². The van der Waals surface area contributed by atoms with E-state index in [0.29, 0.717) is 11.4 Å². The van der Waals surface area contributed by atoms with Gasteiger partial charge in [0.15, 0.2) is 0 Å². The highest BCUT2D eigenvalue weighted by Crippen LogP contribution is 2.29. The second kappa shape index (κ2) is 10.1. The predicted octanol–water partition coefficient (Wildman–Crippen LogP) is 3.17. The van der Waals surface area contributed by atoms with E-state index in [9.17, 15) is 26.4 Å². The Balaban J connectivity index is 1.80. The third kappa shape index (κ3) is 8.14. The fraction of sp³-hybridized carbons (Fsp3) is 0.250. The summed E-state index contributed by atoms with van der Waals surface area (Å²) in [4.78, 5) is 11.0. The minimum Gasteiger partial charge on any atom is -0.481 e. The minimum atomic E-state index is -4.47. The minimum absolute atomic E-state index is 0.00412. The van der Waals surface area contributed by atoms with E-state index in [1.807, 2.05) is 0 Å². The van der Waals surface area contributed by atoms with E-state index in [4.69, 9.17) is 4.74 Å². The lowest BCUT2D eigenvalue weighted by Crippen LogP contribution is -2.25. The number of alkyl halides is 3. The summed E-state index contributed by atoms with van der Waals surface area (Å²) in [6.45, 7) is 1.22. The van der Waals surface area contributed by atoms with Crippen molar-refractivity contribution in [2.24, 2.45) is 0 Å². The molecule has 0 bridgehead atoms. The topological polar surface area (TPSA) is 84.5 Å². The Kier molecular flexibility index (Phi) is 7.86. The zero-order chi connectivity index (χ0) is 22.2. The van der Waals surface area contributed by atoms with Crippen LogP contribution < -0.4 is 14.8 Å². The quantitative estimate of drug-likeness (QED) is 0.648. The third-order valence-corrected chi connectivity index (χ3v) is 4.91. The molecule has 2 N–H and O–H groups in total. The van der Waals surface area contributed by atoms with Crippen molar-refractivity contribution in [3.63, 3.8) is 0 Å². The van der Waals surface area contributed by atoms with Crippen molar-refractivity contribution >= 4 is 21.6 Å². The highest BCUT2D eigenvalue weighted by Gasteiger charge is 2.30. The Labute approximate surface area is 172 Å². The molecule has 0 aliphatic heterocycles. The number of ether oxygens (including phenoxy) is 1. The molecule has 2 rings (SSSR count). The maximum absolute atomic E-state index is 12.5. The molecule has 0 unspecified atom stereocenters. The normalized spacial score (nSPS) is 11.3. The van der Waals surface area contributed by atoms with Crippen LogP contribution in [0.2, 0.25) is 0 Å². The van der Waals surface area contributed by atoms with Crippen LogP contribution in [0.5, 0.6) is 5.75 Å². The van der Waals surface area contributed by atoms with Gasteiger partial charge >= 0.3 is 6.18 Å². The summed E-state index contributed by atoms with van der Waals surface area (Å²) in [6, 6.07) is 10.6. The maximum Gasteiger partial charge on any atom is 0.416 e. The van der Waals surface area contributed by atoms with Crippen LogP contribution in [0.1, 0.15) is 18.1 Å². The number of carbonyl (C=O) groups excluding carboxylic acids is 1. The van der Waals surface area contributed by atoms with E-state index in [1.54, 1.807) is 24.3 Å². The van der Waals surface area contributed by atoms with Gasteiger partial charge < -0.3 is 10.1 Å². The summed E-state index contributed by atoms with van der Waals surface area (Å²) in [5.74, 6) is 5.05. The van der Waals surface area contributed by atoms with E-state index < -0.39 is 27.5 Å². The van der Waals surface area contributed by atoms with Crippen LogP contribution in [-0.4, -0.2) is 27.5 Å². The number of hydrogen-bond acceptors (Lipinski definition) is 4. The Morgan fingerprint density at radius 3 is 2.43 bits per heavy atom. The Morgan fingerprint density at radius 2 is 1.80 bits per heavy atom. The van der Waals surface area contributed by atoms with Crippen molar-refractivity contribution < 1.29 is 31.1 Å². The Morgan fingerprint density at radius 1 is 1.10 bits per heavy atom. The molecule has 0 aliphatic rings. The number of halogens is 3. The number of amides is 1. The lowest BCUT2D eigenvalue weighted by Gasteiger charge is -2.08. The van der Waals surface area contributed by atoms with Gasteiger partial charge in [-0.15, -0.1) is 0 Å². The van der Waals surface area contributed by atoms with E-state index >= 15 is 0 Å². The van der Waals surface area contributed by atoms with Gasteiger partial charge in [-0.05, 0) is 29.8 Å². The smallest absolute Gasteiger partial charge is 0.416 e. The van der Waals surface area contributed by atoms with Crippen LogP contribution in [0.15, 0.2) is 48.5 Å². The molecule has 0 spiro atoms. The van der Waals surface area contributed by atoms with Crippen molar-refractivity contribution in [2.45, 2.75) is 18.9 Å². The first-order chi connectivity index (χ1) is 14.0. The molecule has 2 aromatic carbocycles. The van der Waals surface area contributed by atoms with Crippen LogP contribution in [0.25, 0.3) is 0 Å². The van der Waals surface area contributed by atoms with Gasteiger partial charge in [0.05, 0.1) is 17.9 Å². The molecular weight excluding hydrogens is 421 g/mol. The summed E-state index contributed by atoms with van der Waals surface area (Å²) >= 11 is 0. The van der Waals surface area contributed by atoms with Gasteiger partial charge in [-0.1, -0.05) is 30.0 Å². The molecule has 0 heterocycles.